The van der Waals surface area contributed by atoms with Crippen molar-refractivity contribution in [2.75, 3.05) is 18.9 Å². The third-order valence-corrected chi connectivity index (χ3v) is 4.51. The number of allylic oxidation sites excluding steroid dienone is 1. The van der Waals surface area contributed by atoms with Crippen LogP contribution in [0.4, 0.5) is 10.5 Å². The monoisotopic (exact) mass is 341 g/mol. The van der Waals surface area contributed by atoms with Gasteiger partial charge in [-0.15, -0.1) is 6.58 Å². The fraction of sp³-hybridized carbons (Fsp3) is 0.450. The molecule has 1 aliphatic rings. The van der Waals surface area contributed by atoms with Gasteiger partial charge in [0.1, 0.15) is 5.60 Å². The normalized spacial score (nSPS) is 14.3. The van der Waals surface area contributed by atoms with Crippen LogP contribution in [0.1, 0.15) is 32.0 Å². The molecule has 3 rings (SSSR count). The Balaban J connectivity index is 2.01. The lowest BCUT2D eigenvalue weighted by atomic mass is 10.0. The molecule has 134 valence electrons. The maximum Gasteiger partial charge on any atom is 0.410 e. The number of ether oxygens (including phenoxy) is 1. The molecule has 0 saturated carbocycles. The van der Waals surface area contributed by atoms with Crippen molar-refractivity contribution in [3.8, 4) is 0 Å². The van der Waals surface area contributed by atoms with Crippen molar-refractivity contribution >= 4 is 22.7 Å². The van der Waals surface area contributed by atoms with Crippen LogP contribution in [-0.4, -0.2) is 34.8 Å². The van der Waals surface area contributed by atoms with Crippen LogP contribution in [0.3, 0.4) is 0 Å². The van der Waals surface area contributed by atoms with Gasteiger partial charge in [-0.1, -0.05) is 6.08 Å². The summed E-state index contributed by atoms with van der Waals surface area (Å²) < 4.78 is 7.86. The molecule has 1 aliphatic heterocycles. The van der Waals surface area contributed by atoms with E-state index >= 15 is 0 Å². The summed E-state index contributed by atoms with van der Waals surface area (Å²) in [6, 6.07) is 6.38. The molecule has 0 radical (unpaired) electrons. The summed E-state index contributed by atoms with van der Waals surface area (Å²) in [4.78, 5) is 14.3. The fourth-order valence-electron chi connectivity index (χ4n) is 3.43. The van der Waals surface area contributed by atoms with Gasteiger partial charge in [0.05, 0.1) is 6.54 Å². The summed E-state index contributed by atoms with van der Waals surface area (Å²) >= 11 is 0. The Morgan fingerprint density at radius 2 is 2.16 bits per heavy atom. The Bertz CT molecular complexity index is 814. The zero-order valence-electron chi connectivity index (χ0n) is 15.6. The highest BCUT2D eigenvalue weighted by Crippen LogP contribution is 2.33. The van der Waals surface area contributed by atoms with Crippen LogP contribution in [0, 0.1) is 0 Å². The van der Waals surface area contributed by atoms with E-state index in [1.165, 1.54) is 22.2 Å². The molecule has 0 unspecified atom stereocenters. The minimum absolute atomic E-state index is 0.243. The molecule has 1 aromatic carbocycles. The zero-order valence-corrected chi connectivity index (χ0v) is 15.6. The minimum Gasteiger partial charge on any atom is -0.444 e. The number of benzene rings is 1. The topological polar surface area (TPSA) is 46.5 Å². The van der Waals surface area contributed by atoms with Crippen molar-refractivity contribution < 1.29 is 9.53 Å². The Labute approximate surface area is 149 Å². The highest BCUT2D eigenvalue weighted by atomic mass is 16.6. The number of hydrogen-bond donors (Lipinski definition) is 1. The second kappa shape index (κ2) is 6.47. The summed E-state index contributed by atoms with van der Waals surface area (Å²) in [7, 11) is 1.92. The molecule has 5 heteroatoms. The maximum absolute atomic E-state index is 12.5. The number of nitrogens with one attached hydrogen (secondary N) is 1. The molecule has 0 fully saturated rings. The second-order valence-corrected chi connectivity index (χ2v) is 7.46. The predicted molar refractivity (Wildman–Crippen MR) is 102 cm³/mol. The average molecular weight is 341 g/mol. The highest BCUT2D eigenvalue weighted by molar-refractivity contribution is 5.89. The van der Waals surface area contributed by atoms with E-state index in [-0.39, 0.29) is 6.09 Å². The van der Waals surface area contributed by atoms with Gasteiger partial charge in [0.25, 0.3) is 0 Å². The van der Waals surface area contributed by atoms with Crippen LogP contribution in [0.25, 0.3) is 10.9 Å². The summed E-state index contributed by atoms with van der Waals surface area (Å²) in [5.74, 6) is 0. The van der Waals surface area contributed by atoms with E-state index in [2.05, 4.69) is 34.7 Å². The lowest BCUT2D eigenvalue weighted by molar-refractivity contribution is 0.0223. The molecule has 1 N–H and O–H groups in total. The SMILES string of the molecule is C=CCn1c2c(c3cc(NC)ccc31)CN(C(=O)OC(C)(C)C)CC2. The Hall–Kier alpha value is -2.43. The quantitative estimate of drug-likeness (QED) is 0.853. The van der Waals surface area contributed by atoms with E-state index in [0.717, 1.165) is 18.7 Å². The molecule has 0 atom stereocenters. The fourth-order valence-corrected chi connectivity index (χ4v) is 3.43. The van der Waals surface area contributed by atoms with Crippen molar-refractivity contribution in [3.63, 3.8) is 0 Å². The molecular weight excluding hydrogens is 314 g/mol. The van der Waals surface area contributed by atoms with Crippen molar-refractivity contribution in [1.82, 2.24) is 9.47 Å². The van der Waals surface area contributed by atoms with Crippen LogP contribution in [0.2, 0.25) is 0 Å². The maximum atomic E-state index is 12.5. The van der Waals surface area contributed by atoms with Gasteiger partial charge >= 0.3 is 6.09 Å². The van der Waals surface area contributed by atoms with Gasteiger partial charge in [0, 0.05) is 54.4 Å². The van der Waals surface area contributed by atoms with Gasteiger partial charge in [0.2, 0.25) is 0 Å². The number of nitrogens with zero attached hydrogens (tertiary/aromatic N) is 2. The zero-order chi connectivity index (χ0) is 18.2. The average Bonchev–Trinajstić information content (AvgIpc) is 2.86. The minimum atomic E-state index is -0.479. The first kappa shape index (κ1) is 17.4. The highest BCUT2D eigenvalue weighted by Gasteiger charge is 2.29. The van der Waals surface area contributed by atoms with Crippen LogP contribution in [-0.2, 0) is 24.2 Å². The second-order valence-electron chi connectivity index (χ2n) is 7.46. The predicted octanol–water partition coefficient (Wildman–Crippen LogP) is 4.16. The molecule has 1 amide bonds. The van der Waals surface area contributed by atoms with Gasteiger partial charge < -0.3 is 19.5 Å². The smallest absolute Gasteiger partial charge is 0.410 e. The van der Waals surface area contributed by atoms with Gasteiger partial charge in [0.15, 0.2) is 0 Å². The first-order chi connectivity index (χ1) is 11.8. The number of hydrogen-bond acceptors (Lipinski definition) is 3. The lowest BCUT2D eigenvalue weighted by Gasteiger charge is -2.30. The number of carbonyl (C=O) groups is 1. The number of amides is 1. The Morgan fingerprint density at radius 3 is 2.80 bits per heavy atom. The van der Waals surface area contributed by atoms with Crippen molar-refractivity contribution in [2.45, 2.75) is 45.9 Å². The van der Waals surface area contributed by atoms with Crippen LogP contribution < -0.4 is 5.32 Å². The third kappa shape index (κ3) is 3.36. The molecule has 1 aromatic heterocycles. The van der Waals surface area contributed by atoms with Gasteiger partial charge in [-0.3, -0.25) is 0 Å². The summed E-state index contributed by atoms with van der Waals surface area (Å²) in [5.41, 5.74) is 4.29. The molecule has 0 saturated heterocycles. The molecule has 2 heterocycles. The summed E-state index contributed by atoms with van der Waals surface area (Å²) in [5, 5.41) is 4.39. The molecule has 2 aromatic rings. The molecule has 25 heavy (non-hydrogen) atoms. The lowest BCUT2D eigenvalue weighted by Crippen LogP contribution is -2.40. The van der Waals surface area contributed by atoms with E-state index in [4.69, 9.17) is 4.74 Å². The van der Waals surface area contributed by atoms with Crippen LogP contribution >= 0.6 is 0 Å². The summed E-state index contributed by atoms with van der Waals surface area (Å²) in [6.45, 7) is 11.6. The summed E-state index contributed by atoms with van der Waals surface area (Å²) in [6.07, 6.45) is 2.50. The number of aromatic nitrogens is 1. The van der Waals surface area contributed by atoms with Crippen molar-refractivity contribution in [1.29, 1.82) is 0 Å². The van der Waals surface area contributed by atoms with E-state index in [0.29, 0.717) is 13.1 Å². The number of anilines is 1. The molecular formula is C20H27N3O2. The standard InChI is InChI=1S/C20H27N3O2/c1-6-10-23-17-8-7-14(21-5)12-15(17)16-13-22(11-9-18(16)23)19(24)25-20(2,3)4/h6-8,12,21H,1,9-11,13H2,2-5H3. The van der Waals surface area contributed by atoms with Gasteiger partial charge in [-0.2, -0.15) is 0 Å². The molecule has 0 spiro atoms. The third-order valence-electron chi connectivity index (χ3n) is 4.51. The van der Waals surface area contributed by atoms with Crippen molar-refractivity contribution in [2.24, 2.45) is 0 Å². The van der Waals surface area contributed by atoms with E-state index < -0.39 is 5.60 Å². The van der Waals surface area contributed by atoms with E-state index in [1.54, 1.807) is 4.90 Å². The van der Waals surface area contributed by atoms with Crippen LogP contribution in [0.15, 0.2) is 30.9 Å². The molecule has 0 bridgehead atoms. The Morgan fingerprint density at radius 1 is 1.40 bits per heavy atom. The largest absolute Gasteiger partial charge is 0.444 e. The molecule has 5 nitrogen and oxygen atoms in total. The number of fused-ring (bicyclic) bond motifs is 3. The Kier molecular flexibility index (Phi) is 4.50. The number of rotatable bonds is 3. The van der Waals surface area contributed by atoms with E-state index in [9.17, 15) is 4.79 Å². The van der Waals surface area contributed by atoms with Gasteiger partial charge in [-0.05, 0) is 39.0 Å². The number of carbonyl (C=O) groups excluding carboxylic acids is 1. The van der Waals surface area contributed by atoms with Crippen molar-refractivity contribution in [3.05, 3.63) is 42.1 Å². The first-order valence-electron chi connectivity index (χ1n) is 8.74. The van der Waals surface area contributed by atoms with Gasteiger partial charge in [-0.25, -0.2) is 4.79 Å². The van der Waals surface area contributed by atoms with Crippen LogP contribution in [0.5, 0.6) is 0 Å². The molecule has 0 aliphatic carbocycles. The first-order valence-corrected chi connectivity index (χ1v) is 8.74. The van der Waals surface area contributed by atoms with E-state index in [1.807, 2.05) is 33.9 Å².